The van der Waals surface area contributed by atoms with Crippen LogP contribution in [0.25, 0.3) is 0 Å². The SMILES string of the molecule is COCCNS(=O)(=O)NC(C)c1cccc(C#CCN)c1. The number of hydrogen-bond donors (Lipinski definition) is 3. The molecule has 1 atom stereocenters. The van der Waals surface area contributed by atoms with E-state index in [0.29, 0.717) is 6.61 Å². The summed E-state index contributed by atoms with van der Waals surface area (Å²) >= 11 is 0. The minimum Gasteiger partial charge on any atom is -0.383 e. The standard InChI is InChI=1S/C14H21N3O3S/c1-12(17-21(18,19)16-9-10-20-2)14-7-3-5-13(11-14)6-4-8-15/h3,5,7,11-12,16-17H,8-10,15H2,1-2H3. The molecule has 21 heavy (non-hydrogen) atoms. The number of ether oxygens (including phenoxy) is 1. The van der Waals surface area contributed by atoms with E-state index in [0.717, 1.165) is 11.1 Å². The van der Waals surface area contributed by atoms with Crippen LogP contribution in [0, 0.1) is 11.8 Å². The topological polar surface area (TPSA) is 93.4 Å². The van der Waals surface area contributed by atoms with Crippen molar-refractivity contribution in [2.45, 2.75) is 13.0 Å². The van der Waals surface area contributed by atoms with Gasteiger partial charge >= 0.3 is 0 Å². The summed E-state index contributed by atoms with van der Waals surface area (Å²) < 4.78 is 33.4. The van der Waals surface area contributed by atoms with Crippen molar-refractivity contribution in [3.05, 3.63) is 35.4 Å². The Labute approximate surface area is 126 Å². The van der Waals surface area contributed by atoms with E-state index < -0.39 is 10.2 Å². The Morgan fingerprint density at radius 1 is 1.43 bits per heavy atom. The molecule has 0 fully saturated rings. The normalized spacial score (nSPS) is 12.5. The Morgan fingerprint density at radius 3 is 2.86 bits per heavy atom. The minimum absolute atomic E-state index is 0.223. The van der Waals surface area contributed by atoms with E-state index in [9.17, 15) is 8.42 Å². The molecule has 0 aromatic heterocycles. The van der Waals surface area contributed by atoms with E-state index in [2.05, 4.69) is 21.3 Å². The molecule has 0 aliphatic carbocycles. The van der Waals surface area contributed by atoms with Crippen LogP contribution < -0.4 is 15.2 Å². The molecule has 1 aromatic rings. The molecule has 1 aromatic carbocycles. The number of methoxy groups -OCH3 is 1. The largest absolute Gasteiger partial charge is 0.383 e. The quantitative estimate of drug-likeness (QED) is 0.493. The third kappa shape index (κ3) is 6.71. The van der Waals surface area contributed by atoms with E-state index in [1.807, 2.05) is 24.3 Å². The summed E-state index contributed by atoms with van der Waals surface area (Å²) in [5.74, 6) is 5.69. The number of nitrogens with one attached hydrogen (secondary N) is 2. The molecule has 0 amide bonds. The number of rotatable bonds is 7. The van der Waals surface area contributed by atoms with Gasteiger partial charge in [-0.1, -0.05) is 24.0 Å². The highest BCUT2D eigenvalue weighted by Gasteiger charge is 2.15. The molecular weight excluding hydrogens is 290 g/mol. The second-order valence-corrected chi connectivity index (χ2v) is 5.89. The van der Waals surface area contributed by atoms with Crippen molar-refractivity contribution in [3.8, 4) is 11.8 Å². The van der Waals surface area contributed by atoms with Crippen LogP contribution in [-0.4, -0.2) is 35.2 Å². The van der Waals surface area contributed by atoms with Crippen LogP contribution in [0.1, 0.15) is 24.1 Å². The molecule has 4 N–H and O–H groups in total. The smallest absolute Gasteiger partial charge is 0.277 e. The van der Waals surface area contributed by atoms with Gasteiger partial charge in [-0.3, -0.25) is 0 Å². The van der Waals surface area contributed by atoms with E-state index in [1.165, 1.54) is 7.11 Å². The summed E-state index contributed by atoms with van der Waals surface area (Å²) in [6, 6.07) is 6.99. The Bertz CT molecular complexity index is 605. The first-order valence-corrected chi connectivity index (χ1v) is 8.01. The van der Waals surface area contributed by atoms with Crippen molar-refractivity contribution < 1.29 is 13.2 Å². The van der Waals surface area contributed by atoms with Gasteiger partial charge in [-0.15, -0.1) is 0 Å². The first-order valence-electron chi connectivity index (χ1n) is 6.53. The Balaban J connectivity index is 2.72. The predicted octanol–water partition coefficient (Wildman–Crippen LogP) is 0.128. The van der Waals surface area contributed by atoms with Crippen LogP contribution >= 0.6 is 0 Å². The fraction of sp³-hybridized carbons (Fsp3) is 0.429. The van der Waals surface area contributed by atoms with Crippen molar-refractivity contribution in [3.63, 3.8) is 0 Å². The van der Waals surface area contributed by atoms with Crippen molar-refractivity contribution in [2.24, 2.45) is 5.73 Å². The zero-order valence-electron chi connectivity index (χ0n) is 12.2. The molecule has 0 radical (unpaired) electrons. The average Bonchev–Trinajstić information content (AvgIpc) is 2.45. The van der Waals surface area contributed by atoms with Gasteiger partial charge in [0.2, 0.25) is 0 Å². The van der Waals surface area contributed by atoms with Crippen LogP contribution in [0.5, 0.6) is 0 Å². The van der Waals surface area contributed by atoms with Crippen LogP contribution in [0.3, 0.4) is 0 Å². The fourth-order valence-electron chi connectivity index (χ4n) is 1.66. The van der Waals surface area contributed by atoms with Gasteiger partial charge < -0.3 is 10.5 Å². The third-order valence-electron chi connectivity index (χ3n) is 2.65. The molecular formula is C14H21N3O3S. The first kappa shape index (κ1) is 17.6. The molecule has 1 unspecified atom stereocenters. The zero-order chi connectivity index (χ0) is 15.7. The first-order chi connectivity index (χ1) is 9.98. The van der Waals surface area contributed by atoms with Gasteiger partial charge in [0, 0.05) is 25.3 Å². The van der Waals surface area contributed by atoms with Crippen LogP contribution in [0.15, 0.2) is 24.3 Å². The van der Waals surface area contributed by atoms with E-state index in [4.69, 9.17) is 10.5 Å². The van der Waals surface area contributed by atoms with Crippen molar-refractivity contribution in [2.75, 3.05) is 26.8 Å². The minimum atomic E-state index is -3.57. The summed E-state index contributed by atoms with van der Waals surface area (Å²) in [5.41, 5.74) is 6.96. The van der Waals surface area contributed by atoms with Gasteiger partial charge in [-0.05, 0) is 24.6 Å². The summed E-state index contributed by atoms with van der Waals surface area (Å²) in [5, 5.41) is 0. The lowest BCUT2D eigenvalue weighted by Crippen LogP contribution is -2.39. The molecule has 0 saturated heterocycles. The Kier molecular flexibility index (Phi) is 7.36. The van der Waals surface area contributed by atoms with Gasteiger partial charge in [0.1, 0.15) is 0 Å². The average molecular weight is 311 g/mol. The van der Waals surface area contributed by atoms with Gasteiger partial charge in [0.25, 0.3) is 10.2 Å². The maximum atomic E-state index is 11.8. The van der Waals surface area contributed by atoms with E-state index in [-0.39, 0.29) is 19.1 Å². The molecule has 0 aliphatic heterocycles. The molecule has 0 bridgehead atoms. The molecule has 0 saturated carbocycles. The molecule has 0 heterocycles. The lowest BCUT2D eigenvalue weighted by atomic mass is 10.1. The summed E-state index contributed by atoms with van der Waals surface area (Å²) in [6.07, 6.45) is 0. The van der Waals surface area contributed by atoms with Crippen LogP contribution in [0.4, 0.5) is 0 Å². The summed E-state index contributed by atoms with van der Waals surface area (Å²) in [4.78, 5) is 0. The van der Waals surface area contributed by atoms with Crippen molar-refractivity contribution in [1.82, 2.24) is 9.44 Å². The molecule has 6 nitrogen and oxygen atoms in total. The predicted molar refractivity (Wildman–Crippen MR) is 82.7 cm³/mol. The highest BCUT2D eigenvalue weighted by molar-refractivity contribution is 7.87. The number of hydrogen-bond acceptors (Lipinski definition) is 4. The molecule has 1 rings (SSSR count). The maximum absolute atomic E-state index is 11.8. The second-order valence-electron chi connectivity index (χ2n) is 4.36. The highest BCUT2D eigenvalue weighted by Crippen LogP contribution is 2.14. The lowest BCUT2D eigenvalue weighted by molar-refractivity contribution is 0.204. The molecule has 7 heteroatoms. The number of benzene rings is 1. The highest BCUT2D eigenvalue weighted by atomic mass is 32.2. The summed E-state index contributed by atoms with van der Waals surface area (Å²) in [7, 11) is -2.05. The maximum Gasteiger partial charge on any atom is 0.277 e. The Morgan fingerprint density at radius 2 is 2.19 bits per heavy atom. The summed E-state index contributed by atoms with van der Waals surface area (Å²) in [6.45, 7) is 2.60. The fourth-order valence-corrected chi connectivity index (χ4v) is 2.70. The van der Waals surface area contributed by atoms with E-state index in [1.54, 1.807) is 6.92 Å². The third-order valence-corrected chi connectivity index (χ3v) is 3.90. The van der Waals surface area contributed by atoms with E-state index >= 15 is 0 Å². The van der Waals surface area contributed by atoms with Gasteiger partial charge in [-0.25, -0.2) is 0 Å². The second kappa shape index (κ2) is 8.77. The molecule has 0 spiro atoms. The molecule has 0 aliphatic rings. The zero-order valence-corrected chi connectivity index (χ0v) is 13.0. The number of nitrogens with two attached hydrogens (primary N) is 1. The van der Waals surface area contributed by atoms with Crippen molar-refractivity contribution >= 4 is 10.2 Å². The van der Waals surface area contributed by atoms with Gasteiger partial charge in [0.15, 0.2) is 0 Å². The van der Waals surface area contributed by atoms with Gasteiger partial charge in [0.05, 0.1) is 13.2 Å². The van der Waals surface area contributed by atoms with Gasteiger partial charge in [-0.2, -0.15) is 17.9 Å². The monoisotopic (exact) mass is 311 g/mol. The van der Waals surface area contributed by atoms with Crippen molar-refractivity contribution in [1.29, 1.82) is 0 Å². The Hall–Kier alpha value is -1.43. The van der Waals surface area contributed by atoms with Crippen LogP contribution in [0.2, 0.25) is 0 Å². The van der Waals surface area contributed by atoms with Crippen LogP contribution in [-0.2, 0) is 14.9 Å². The lowest BCUT2D eigenvalue weighted by Gasteiger charge is -2.15. The molecule has 116 valence electrons.